The quantitative estimate of drug-likeness (QED) is 0.763. The van der Waals surface area contributed by atoms with Crippen molar-refractivity contribution in [3.05, 3.63) is 70.0 Å². The lowest BCUT2D eigenvalue weighted by Crippen LogP contribution is -2.32. The van der Waals surface area contributed by atoms with Crippen LogP contribution in [0.25, 0.3) is 10.9 Å². The van der Waals surface area contributed by atoms with Gasteiger partial charge in [-0.05, 0) is 42.5 Å². The number of hydrogen-bond acceptors (Lipinski definition) is 5. The summed E-state index contributed by atoms with van der Waals surface area (Å²) in [6.07, 6.45) is 2.26. The first-order valence-electron chi connectivity index (χ1n) is 8.92. The summed E-state index contributed by atoms with van der Waals surface area (Å²) in [5.41, 5.74) is 2.82. The minimum atomic E-state index is -0.822. The van der Waals surface area contributed by atoms with Crippen LogP contribution >= 0.6 is 0 Å². The molecule has 1 aliphatic rings. The third-order valence-corrected chi connectivity index (χ3v) is 4.82. The molecule has 1 aliphatic carbocycles. The third kappa shape index (κ3) is 3.38. The smallest absolute Gasteiger partial charge is 0.277 e. The van der Waals surface area contributed by atoms with Crippen LogP contribution in [0.1, 0.15) is 30.1 Å². The Hall–Kier alpha value is -2.57. The van der Waals surface area contributed by atoms with Crippen molar-refractivity contribution in [3.63, 3.8) is 0 Å². The Bertz CT molecular complexity index is 970. The molecule has 6 nitrogen and oxygen atoms in total. The van der Waals surface area contributed by atoms with Gasteiger partial charge in [0.15, 0.2) is 0 Å². The van der Waals surface area contributed by atoms with Crippen molar-refractivity contribution in [1.29, 1.82) is 0 Å². The van der Waals surface area contributed by atoms with E-state index in [0.29, 0.717) is 10.9 Å². The molecule has 0 amide bonds. The molecule has 1 aromatic heterocycles. The highest BCUT2D eigenvalue weighted by Crippen LogP contribution is 2.32. The third-order valence-electron chi connectivity index (χ3n) is 4.82. The molecule has 0 saturated heterocycles. The molecular weight excluding hydrogens is 330 g/mol. The van der Waals surface area contributed by atoms with Gasteiger partial charge in [-0.25, -0.2) is 4.68 Å². The fourth-order valence-corrected chi connectivity index (χ4v) is 3.50. The molecule has 0 spiro atoms. The van der Waals surface area contributed by atoms with Crippen molar-refractivity contribution in [3.8, 4) is 0 Å². The van der Waals surface area contributed by atoms with Crippen LogP contribution in [0.15, 0.2) is 53.3 Å². The Morgan fingerprint density at radius 3 is 2.92 bits per heavy atom. The van der Waals surface area contributed by atoms with E-state index >= 15 is 0 Å². The van der Waals surface area contributed by atoms with Gasteiger partial charge in [0.05, 0.1) is 30.7 Å². The second kappa shape index (κ2) is 7.35. The van der Waals surface area contributed by atoms with E-state index in [-0.39, 0.29) is 24.8 Å². The zero-order chi connectivity index (χ0) is 17.9. The number of hydrogen-bond donors (Lipinski definition) is 1. The Morgan fingerprint density at radius 2 is 2.00 bits per heavy atom. The van der Waals surface area contributed by atoms with Gasteiger partial charge in [0, 0.05) is 0 Å². The van der Waals surface area contributed by atoms with Gasteiger partial charge in [0.1, 0.15) is 5.52 Å². The molecule has 2 atom stereocenters. The van der Waals surface area contributed by atoms with Crippen molar-refractivity contribution in [1.82, 2.24) is 15.0 Å². The van der Waals surface area contributed by atoms with E-state index in [0.717, 1.165) is 19.3 Å². The Kier molecular flexibility index (Phi) is 4.77. The summed E-state index contributed by atoms with van der Waals surface area (Å²) in [5.74, 6) is 0. The minimum Gasteiger partial charge on any atom is -0.389 e. The summed E-state index contributed by atoms with van der Waals surface area (Å²) in [4.78, 5) is 12.4. The fourth-order valence-electron chi connectivity index (χ4n) is 3.50. The molecule has 6 heteroatoms. The Labute approximate surface area is 151 Å². The van der Waals surface area contributed by atoms with Gasteiger partial charge in [0.2, 0.25) is 0 Å². The number of aromatic nitrogens is 3. The van der Waals surface area contributed by atoms with Gasteiger partial charge in [-0.15, -0.1) is 5.10 Å². The average molecular weight is 351 g/mol. The summed E-state index contributed by atoms with van der Waals surface area (Å²) < 4.78 is 7.16. The molecule has 26 heavy (non-hydrogen) atoms. The van der Waals surface area contributed by atoms with E-state index in [1.54, 1.807) is 18.2 Å². The summed E-state index contributed by atoms with van der Waals surface area (Å²) in [6, 6.07) is 15.3. The van der Waals surface area contributed by atoms with Gasteiger partial charge < -0.3 is 9.84 Å². The van der Waals surface area contributed by atoms with Crippen molar-refractivity contribution in [2.75, 3.05) is 6.61 Å². The number of benzene rings is 2. The monoisotopic (exact) mass is 351 g/mol. The average Bonchev–Trinajstić information content (AvgIpc) is 2.69. The van der Waals surface area contributed by atoms with E-state index in [9.17, 15) is 9.90 Å². The van der Waals surface area contributed by atoms with Gasteiger partial charge in [-0.3, -0.25) is 4.79 Å². The number of ether oxygens (including phenoxy) is 1. The molecule has 4 rings (SSSR count). The van der Waals surface area contributed by atoms with Crippen molar-refractivity contribution < 1.29 is 9.84 Å². The van der Waals surface area contributed by atoms with E-state index < -0.39 is 6.10 Å². The lowest BCUT2D eigenvalue weighted by atomic mass is 9.89. The van der Waals surface area contributed by atoms with Gasteiger partial charge >= 0.3 is 0 Å². The van der Waals surface area contributed by atoms with E-state index in [4.69, 9.17) is 4.74 Å². The highest BCUT2D eigenvalue weighted by atomic mass is 16.5. The highest BCUT2D eigenvalue weighted by Gasteiger charge is 2.21. The summed E-state index contributed by atoms with van der Waals surface area (Å²) in [7, 11) is 0. The van der Waals surface area contributed by atoms with Crippen LogP contribution in [0, 0.1) is 0 Å². The zero-order valence-corrected chi connectivity index (χ0v) is 14.4. The van der Waals surface area contributed by atoms with E-state index in [2.05, 4.69) is 22.4 Å². The van der Waals surface area contributed by atoms with E-state index in [1.165, 1.54) is 15.8 Å². The van der Waals surface area contributed by atoms with Gasteiger partial charge in [0.25, 0.3) is 5.56 Å². The number of aryl methyl sites for hydroxylation is 1. The predicted octanol–water partition coefficient (Wildman–Crippen LogP) is 2.25. The lowest BCUT2D eigenvalue weighted by molar-refractivity contribution is -0.0241. The van der Waals surface area contributed by atoms with Crippen LogP contribution in [-0.4, -0.2) is 32.8 Å². The van der Waals surface area contributed by atoms with Crippen LogP contribution in [0.2, 0.25) is 0 Å². The minimum absolute atomic E-state index is 0.00555. The summed E-state index contributed by atoms with van der Waals surface area (Å²) in [6.45, 7) is 0.213. The largest absolute Gasteiger partial charge is 0.389 e. The number of nitrogens with zero attached hydrogens (tertiary/aromatic N) is 3. The fraction of sp³-hybridized carbons (Fsp3) is 0.350. The second-order valence-electron chi connectivity index (χ2n) is 6.66. The first kappa shape index (κ1) is 16.9. The molecule has 0 saturated carbocycles. The summed E-state index contributed by atoms with van der Waals surface area (Å²) >= 11 is 0. The number of aliphatic hydroxyl groups excluding tert-OH is 1. The number of rotatable bonds is 5. The van der Waals surface area contributed by atoms with Crippen molar-refractivity contribution in [2.45, 2.75) is 38.0 Å². The van der Waals surface area contributed by atoms with Gasteiger partial charge in [-0.2, -0.15) is 0 Å². The molecule has 3 aromatic rings. The maximum atomic E-state index is 12.4. The highest BCUT2D eigenvalue weighted by molar-refractivity contribution is 5.76. The van der Waals surface area contributed by atoms with Crippen LogP contribution in [-0.2, 0) is 17.7 Å². The molecule has 1 N–H and O–H groups in total. The maximum Gasteiger partial charge on any atom is 0.277 e. The molecule has 2 aromatic carbocycles. The zero-order valence-electron chi connectivity index (χ0n) is 14.4. The normalized spacial score (nSPS) is 17.8. The second-order valence-corrected chi connectivity index (χ2v) is 6.66. The molecule has 134 valence electrons. The maximum absolute atomic E-state index is 12.4. The van der Waals surface area contributed by atoms with E-state index in [1.807, 2.05) is 18.2 Å². The molecule has 0 bridgehead atoms. The van der Waals surface area contributed by atoms with Gasteiger partial charge in [-0.1, -0.05) is 41.6 Å². The molecule has 1 heterocycles. The van der Waals surface area contributed by atoms with Crippen LogP contribution in [0.3, 0.4) is 0 Å². The number of aliphatic hydroxyl groups is 1. The van der Waals surface area contributed by atoms with Crippen molar-refractivity contribution >= 4 is 10.9 Å². The van der Waals surface area contributed by atoms with Crippen molar-refractivity contribution in [2.24, 2.45) is 0 Å². The van der Waals surface area contributed by atoms with Crippen LogP contribution in [0.5, 0.6) is 0 Å². The van der Waals surface area contributed by atoms with Crippen LogP contribution in [0.4, 0.5) is 0 Å². The Balaban J connectivity index is 1.43. The molecule has 0 aliphatic heterocycles. The topological polar surface area (TPSA) is 77.2 Å². The first-order chi connectivity index (χ1) is 12.7. The predicted molar refractivity (Wildman–Crippen MR) is 97.9 cm³/mol. The molecule has 0 radical (unpaired) electrons. The molecule has 0 fully saturated rings. The summed E-state index contributed by atoms with van der Waals surface area (Å²) in [5, 5.41) is 18.8. The van der Waals surface area contributed by atoms with Crippen LogP contribution < -0.4 is 5.56 Å². The SMILES string of the molecule is O=c1c2ccccc2nnn1C[C@@H](O)CO[C@H]1CCCc2ccccc21. The Morgan fingerprint density at radius 1 is 1.19 bits per heavy atom. The first-order valence-corrected chi connectivity index (χ1v) is 8.92. The lowest BCUT2D eigenvalue weighted by Gasteiger charge is -2.26. The molecule has 0 unspecified atom stereocenters. The number of fused-ring (bicyclic) bond motifs is 2. The molecular formula is C20H21N3O3. The standard InChI is InChI=1S/C20H21N3O3/c24-15(12-23-20(25)17-9-3-4-10-18(17)21-22-23)13-26-19-11-5-7-14-6-1-2-8-16(14)19/h1-4,6,8-10,15,19,24H,5,7,11-13H2/t15-,19+/m1/s1.